The number of imidazole rings is 1. The summed E-state index contributed by atoms with van der Waals surface area (Å²) in [5.41, 5.74) is 4.50. The summed E-state index contributed by atoms with van der Waals surface area (Å²) in [7, 11) is 0. The summed E-state index contributed by atoms with van der Waals surface area (Å²) >= 11 is 1.52. The number of furan rings is 1. The first-order valence-electron chi connectivity index (χ1n) is 10.1. The summed E-state index contributed by atoms with van der Waals surface area (Å²) in [5, 5.41) is 1.71. The number of nitrogens with one attached hydrogen (secondary N) is 1. The number of benzene rings is 1. The number of fused-ring (bicyclic) bond motifs is 2. The van der Waals surface area contributed by atoms with Crippen molar-refractivity contribution in [2.75, 3.05) is 6.54 Å². The van der Waals surface area contributed by atoms with Gasteiger partial charge >= 0.3 is 0 Å². The van der Waals surface area contributed by atoms with Crippen LogP contribution in [0.4, 0.5) is 0 Å². The Kier molecular flexibility index (Phi) is 4.16. The maximum Gasteiger partial charge on any atom is 0.174 e. The maximum atomic E-state index is 6.06. The van der Waals surface area contributed by atoms with Gasteiger partial charge in [0.25, 0.3) is 0 Å². The van der Waals surface area contributed by atoms with E-state index in [2.05, 4.69) is 25.9 Å². The monoisotopic (exact) mass is 403 g/mol. The molecule has 6 nitrogen and oxygen atoms in total. The number of H-pyrrole nitrogens is 1. The lowest BCUT2D eigenvalue weighted by Gasteiger charge is -2.27. The fraction of sp³-hybridized carbons (Fsp3) is 0.318. The second-order valence-corrected chi connectivity index (χ2v) is 8.81. The summed E-state index contributed by atoms with van der Waals surface area (Å²) in [4.78, 5) is 19.7. The summed E-state index contributed by atoms with van der Waals surface area (Å²) in [6.07, 6.45) is 5.52. The highest BCUT2D eigenvalue weighted by Crippen LogP contribution is 2.38. The molecular weight excluding hydrogens is 382 g/mol. The molecule has 0 bridgehead atoms. The van der Waals surface area contributed by atoms with Gasteiger partial charge in [0.1, 0.15) is 11.6 Å². The average Bonchev–Trinajstić information content (AvgIpc) is 3.38. The van der Waals surface area contributed by atoms with E-state index in [4.69, 9.17) is 9.40 Å². The van der Waals surface area contributed by atoms with E-state index in [1.807, 2.05) is 36.5 Å². The molecule has 29 heavy (non-hydrogen) atoms. The molecule has 3 aromatic heterocycles. The van der Waals surface area contributed by atoms with Gasteiger partial charge in [-0.1, -0.05) is 12.1 Å². The zero-order chi connectivity index (χ0) is 19.2. The van der Waals surface area contributed by atoms with Crippen LogP contribution in [0, 0.1) is 0 Å². The van der Waals surface area contributed by atoms with Crippen LogP contribution < -0.4 is 0 Å². The van der Waals surface area contributed by atoms with Crippen molar-refractivity contribution in [1.29, 1.82) is 0 Å². The topological polar surface area (TPSA) is 70.8 Å². The highest BCUT2D eigenvalue weighted by atomic mass is 32.2. The van der Waals surface area contributed by atoms with E-state index in [1.165, 1.54) is 35.9 Å². The molecule has 146 valence electrons. The van der Waals surface area contributed by atoms with E-state index >= 15 is 0 Å². The molecule has 4 heterocycles. The molecule has 1 aliphatic heterocycles. The Labute approximate surface area is 172 Å². The Bertz CT molecular complexity index is 1150. The molecule has 1 aliphatic carbocycles. The van der Waals surface area contributed by atoms with Crippen LogP contribution in [0.1, 0.15) is 41.6 Å². The van der Waals surface area contributed by atoms with Crippen molar-refractivity contribution in [3.8, 4) is 0 Å². The third-order valence-electron chi connectivity index (χ3n) is 5.56. The van der Waals surface area contributed by atoms with Gasteiger partial charge in [-0.15, -0.1) is 0 Å². The van der Waals surface area contributed by atoms with E-state index in [1.54, 1.807) is 0 Å². The van der Waals surface area contributed by atoms with Gasteiger partial charge in [0.05, 0.1) is 17.6 Å². The zero-order valence-corrected chi connectivity index (χ0v) is 16.8. The van der Waals surface area contributed by atoms with Crippen LogP contribution in [-0.2, 0) is 19.5 Å². The maximum absolute atomic E-state index is 6.06. The number of hydrogen-bond donors (Lipinski definition) is 1. The molecule has 1 fully saturated rings. The van der Waals surface area contributed by atoms with Gasteiger partial charge in [-0.3, -0.25) is 4.90 Å². The molecule has 1 N–H and O–H groups in total. The number of aromatic nitrogens is 4. The highest BCUT2D eigenvalue weighted by molar-refractivity contribution is 7.99. The van der Waals surface area contributed by atoms with Gasteiger partial charge in [0.15, 0.2) is 10.2 Å². The van der Waals surface area contributed by atoms with E-state index in [0.717, 1.165) is 58.9 Å². The fourth-order valence-electron chi connectivity index (χ4n) is 3.85. The van der Waals surface area contributed by atoms with Crippen LogP contribution in [0.3, 0.4) is 0 Å². The van der Waals surface area contributed by atoms with Gasteiger partial charge in [-0.25, -0.2) is 15.0 Å². The van der Waals surface area contributed by atoms with Crippen LogP contribution in [0.5, 0.6) is 0 Å². The Morgan fingerprint density at radius 3 is 2.97 bits per heavy atom. The lowest BCUT2D eigenvalue weighted by Crippen LogP contribution is -2.31. The summed E-state index contributed by atoms with van der Waals surface area (Å²) in [5.74, 6) is 2.64. The van der Waals surface area contributed by atoms with Crippen molar-refractivity contribution in [3.05, 3.63) is 65.4 Å². The first-order valence-corrected chi connectivity index (χ1v) is 10.9. The number of aromatic amines is 1. The first kappa shape index (κ1) is 17.2. The van der Waals surface area contributed by atoms with Gasteiger partial charge in [0.2, 0.25) is 0 Å². The van der Waals surface area contributed by atoms with Crippen molar-refractivity contribution >= 4 is 22.8 Å². The minimum atomic E-state index is 0.615. The Morgan fingerprint density at radius 1 is 1.14 bits per heavy atom. The van der Waals surface area contributed by atoms with Gasteiger partial charge in [-0.05, 0) is 48.9 Å². The molecule has 7 heteroatoms. The normalized spacial score (nSPS) is 17.0. The summed E-state index contributed by atoms with van der Waals surface area (Å²) in [6, 6.07) is 12.1. The van der Waals surface area contributed by atoms with Crippen LogP contribution in [0.2, 0.25) is 0 Å². The van der Waals surface area contributed by atoms with Crippen LogP contribution in [-0.4, -0.2) is 31.4 Å². The van der Waals surface area contributed by atoms with Crippen LogP contribution in [0.15, 0.2) is 57.3 Å². The molecule has 0 unspecified atom stereocenters. The minimum Gasteiger partial charge on any atom is -0.453 e. The lowest BCUT2D eigenvalue weighted by atomic mass is 10.1. The average molecular weight is 404 g/mol. The Balaban J connectivity index is 1.12. The highest BCUT2D eigenvalue weighted by Gasteiger charge is 2.28. The predicted octanol–water partition coefficient (Wildman–Crippen LogP) is 4.53. The summed E-state index contributed by atoms with van der Waals surface area (Å²) in [6.45, 7) is 2.68. The van der Waals surface area contributed by atoms with Crippen LogP contribution in [0.25, 0.3) is 11.0 Å². The van der Waals surface area contributed by atoms with E-state index in [0.29, 0.717) is 5.92 Å². The van der Waals surface area contributed by atoms with Crippen molar-refractivity contribution in [2.45, 2.75) is 48.5 Å². The predicted molar refractivity (Wildman–Crippen MR) is 111 cm³/mol. The molecule has 6 rings (SSSR count). The van der Waals surface area contributed by atoms with Gasteiger partial charge in [0, 0.05) is 42.9 Å². The number of hydrogen-bond acceptors (Lipinski definition) is 6. The largest absolute Gasteiger partial charge is 0.453 e. The third kappa shape index (κ3) is 3.56. The van der Waals surface area contributed by atoms with Gasteiger partial charge < -0.3 is 9.40 Å². The van der Waals surface area contributed by atoms with E-state index in [-0.39, 0.29) is 0 Å². The van der Waals surface area contributed by atoms with Gasteiger partial charge in [-0.2, -0.15) is 0 Å². The lowest BCUT2D eigenvalue weighted by molar-refractivity contribution is 0.218. The molecule has 0 saturated heterocycles. The van der Waals surface area contributed by atoms with Crippen LogP contribution >= 0.6 is 11.8 Å². The molecule has 0 radical (unpaired) electrons. The number of rotatable bonds is 5. The molecule has 1 aromatic carbocycles. The second kappa shape index (κ2) is 7.00. The van der Waals surface area contributed by atoms with E-state index < -0.39 is 0 Å². The van der Waals surface area contributed by atoms with Crippen molar-refractivity contribution < 1.29 is 4.42 Å². The molecule has 0 atom stereocenters. The molecule has 2 aliphatic rings. The van der Waals surface area contributed by atoms with E-state index in [9.17, 15) is 0 Å². The third-order valence-corrected chi connectivity index (χ3v) is 6.36. The fourth-order valence-corrected chi connectivity index (χ4v) is 4.64. The number of para-hydroxylation sites is 2. The molecule has 0 spiro atoms. The zero-order valence-electron chi connectivity index (χ0n) is 16.0. The number of nitrogens with zero attached hydrogens (tertiary/aromatic N) is 4. The minimum absolute atomic E-state index is 0.615. The molecule has 1 saturated carbocycles. The smallest absolute Gasteiger partial charge is 0.174 e. The Hall–Kier alpha value is -2.64. The molecule has 4 aromatic rings. The SMILES string of the molecule is c1ccc2[nH]c(Sc3ccc(CN4CCc5nc(C6CC6)ncc5C4)o3)nc2c1. The van der Waals surface area contributed by atoms with Crippen molar-refractivity contribution in [1.82, 2.24) is 24.8 Å². The standard InChI is InChI=1S/C22H21N5OS/c1-2-4-19-18(3-1)25-22(26-19)29-20-8-7-16(28-20)13-27-10-9-17-15(12-27)11-23-21(24-17)14-5-6-14/h1-4,7-8,11,14H,5-6,9-10,12-13H2,(H,25,26). The second-order valence-electron chi connectivity index (χ2n) is 7.82. The molecule has 0 amide bonds. The summed E-state index contributed by atoms with van der Waals surface area (Å²) < 4.78 is 6.06. The van der Waals surface area contributed by atoms with Crippen molar-refractivity contribution in [3.63, 3.8) is 0 Å². The quantitative estimate of drug-likeness (QED) is 0.528. The molecular formula is C22H21N5OS. The Morgan fingerprint density at radius 2 is 2.07 bits per heavy atom. The van der Waals surface area contributed by atoms with Crippen molar-refractivity contribution in [2.24, 2.45) is 0 Å². The first-order chi connectivity index (χ1) is 14.3.